The monoisotopic (exact) mass is 332 g/mol. The minimum Gasteiger partial charge on any atom is -0.463 e. The van der Waals surface area contributed by atoms with Crippen molar-refractivity contribution in [1.82, 2.24) is 10.2 Å². The number of amides is 1. The molecular weight excluding hydrogens is 308 g/mol. The van der Waals surface area contributed by atoms with Gasteiger partial charge in [-0.1, -0.05) is 0 Å². The number of piperazine rings is 1. The predicted molar refractivity (Wildman–Crippen MR) is 82.9 cm³/mol. The summed E-state index contributed by atoms with van der Waals surface area (Å²) in [7, 11) is 0. The maximum atomic E-state index is 12.3. The second kappa shape index (κ2) is 8.13. The molecule has 3 aliphatic rings. The summed E-state index contributed by atoms with van der Waals surface area (Å²) in [6, 6.07) is -0.422. The molecule has 6 nitrogen and oxygen atoms in total. The molecule has 2 aliphatic heterocycles. The van der Waals surface area contributed by atoms with Crippen LogP contribution in [0, 0.1) is 5.92 Å². The summed E-state index contributed by atoms with van der Waals surface area (Å²) in [6.07, 6.45) is 4.59. The van der Waals surface area contributed by atoms with Crippen molar-refractivity contribution in [3.05, 3.63) is 0 Å². The maximum Gasteiger partial charge on any atom is 0.308 e. The van der Waals surface area contributed by atoms with Crippen molar-refractivity contribution >= 4 is 24.3 Å². The molecule has 0 aromatic rings. The fourth-order valence-electron chi connectivity index (χ4n) is 2.93. The molecule has 126 valence electrons. The Morgan fingerprint density at radius 1 is 1.36 bits per heavy atom. The molecule has 22 heavy (non-hydrogen) atoms. The summed E-state index contributed by atoms with van der Waals surface area (Å²) in [4.78, 5) is 26.1. The zero-order chi connectivity index (χ0) is 14.7. The first-order valence-electron chi connectivity index (χ1n) is 8.02. The van der Waals surface area contributed by atoms with Gasteiger partial charge in [0, 0.05) is 26.2 Å². The van der Waals surface area contributed by atoms with Crippen LogP contribution in [0.1, 0.15) is 32.1 Å². The van der Waals surface area contributed by atoms with Gasteiger partial charge in [-0.3, -0.25) is 9.59 Å². The highest BCUT2D eigenvalue weighted by Crippen LogP contribution is 2.30. The minimum atomic E-state index is -0.422. The average Bonchev–Trinajstić information content (AvgIpc) is 3.13. The van der Waals surface area contributed by atoms with Crippen molar-refractivity contribution in [1.29, 1.82) is 0 Å². The van der Waals surface area contributed by atoms with Gasteiger partial charge in [0.05, 0.1) is 18.6 Å². The Kier molecular flexibility index (Phi) is 6.47. The largest absolute Gasteiger partial charge is 0.463 e. The fourth-order valence-corrected chi connectivity index (χ4v) is 2.93. The van der Waals surface area contributed by atoms with Gasteiger partial charge >= 0.3 is 5.97 Å². The molecule has 2 atom stereocenters. The molecule has 3 rings (SSSR count). The van der Waals surface area contributed by atoms with Crippen LogP contribution in [-0.2, 0) is 19.1 Å². The third kappa shape index (κ3) is 4.83. The van der Waals surface area contributed by atoms with E-state index in [1.807, 2.05) is 4.90 Å². The Labute approximate surface area is 137 Å². The molecule has 2 unspecified atom stereocenters. The molecule has 0 aromatic heterocycles. The molecule has 1 saturated carbocycles. The lowest BCUT2D eigenvalue weighted by Crippen LogP contribution is -2.56. The number of hydrogen-bond donors (Lipinski definition) is 1. The van der Waals surface area contributed by atoms with Crippen LogP contribution < -0.4 is 5.32 Å². The van der Waals surface area contributed by atoms with E-state index in [0.717, 1.165) is 39.1 Å². The molecule has 0 spiro atoms. The summed E-state index contributed by atoms with van der Waals surface area (Å²) in [6.45, 7) is 3.41. The number of nitrogens with one attached hydrogen (secondary N) is 1. The van der Waals surface area contributed by atoms with E-state index in [9.17, 15) is 9.59 Å². The van der Waals surface area contributed by atoms with Crippen LogP contribution >= 0.6 is 12.4 Å². The average molecular weight is 333 g/mol. The maximum absolute atomic E-state index is 12.3. The van der Waals surface area contributed by atoms with E-state index in [1.165, 1.54) is 12.8 Å². The quantitative estimate of drug-likeness (QED) is 0.726. The summed E-state index contributed by atoms with van der Waals surface area (Å²) >= 11 is 0. The second-order valence-electron chi connectivity index (χ2n) is 6.26. The second-order valence-corrected chi connectivity index (χ2v) is 6.26. The van der Waals surface area contributed by atoms with E-state index in [4.69, 9.17) is 9.47 Å². The molecule has 0 radical (unpaired) electrons. The van der Waals surface area contributed by atoms with Gasteiger partial charge < -0.3 is 19.7 Å². The lowest BCUT2D eigenvalue weighted by molar-refractivity contribution is -0.151. The van der Waals surface area contributed by atoms with E-state index in [2.05, 4.69) is 5.32 Å². The predicted octanol–water partition coefficient (Wildman–Crippen LogP) is 0.731. The van der Waals surface area contributed by atoms with E-state index in [-0.39, 0.29) is 36.8 Å². The van der Waals surface area contributed by atoms with E-state index in [0.29, 0.717) is 12.5 Å². The molecule has 3 fully saturated rings. The van der Waals surface area contributed by atoms with Gasteiger partial charge in [0.25, 0.3) is 0 Å². The topological polar surface area (TPSA) is 67.9 Å². The Balaban J connectivity index is 0.00000176. The van der Waals surface area contributed by atoms with Crippen LogP contribution in [0.4, 0.5) is 0 Å². The lowest BCUT2D eigenvalue weighted by Gasteiger charge is -2.33. The molecule has 2 saturated heterocycles. The molecule has 2 heterocycles. The van der Waals surface area contributed by atoms with Crippen molar-refractivity contribution in [3.63, 3.8) is 0 Å². The van der Waals surface area contributed by atoms with Crippen LogP contribution in [0.3, 0.4) is 0 Å². The first-order chi connectivity index (χ1) is 10.2. The number of rotatable bonds is 6. The summed E-state index contributed by atoms with van der Waals surface area (Å²) in [5.74, 6) is 0.408. The Morgan fingerprint density at radius 3 is 2.86 bits per heavy atom. The summed E-state index contributed by atoms with van der Waals surface area (Å²) in [5, 5.41) is 3.13. The number of carbonyl (C=O) groups is 2. The van der Waals surface area contributed by atoms with Gasteiger partial charge in [0.15, 0.2) is 0 Å². The van der Waals surface area contributed by atoms with Crippen molar-refractivity contribution in [2.75, 3.05) is 32.8 Å². The summed E-state index contributed by atoms with van der Waals surface area (Å²) < 4.78 is 10.6. The van der Waals surface area contributed by atoms with Crippen molar-refractivity contribution < 1.29 is 19.1 Å². The first kappa shape index (κ1) is 17.5. The Hall–Kier alpha value is -0.850. The zero-order valence-corrected chi connectivity index (χ0v) is 13.6. The Bertz CT molecular complexity index is 397. The van der Waals surface area contributed by atoms with Gasteiger partial charge in [-0.2, -0.15) is 0 Å². The number of halogens is 1. The molecule has 0 aromatic carbocycles. The lowest BCUT2D eigenvalue weighted by atomic mass is 10.1. The highest BCUT2D eigenvalue weighted by Gasteiger charge is 2.34. The van der Waals surface area contributed by atoms with E-state index in [1.54, 1.807) is 0 Å². The highest BCUT2D eigenvalue weighted by molar-refractivity contribution is 5.87. The third-order valence-electron chi connectivity index (χ3n) is 4.38. The highest BCUT2D eigenvalue weighted by atomic mass is 35.5. The number of nitrogens with zero attached hydrogens (tertiary/aromatic N) is 1. The standard InChI is InChI=1S/C15H24N2O4.ClH/c18-14(21-10-12-2-1-7-20-12)8-13-15(19)17(6-5-16-13)9-11-3-4-11;/h11-13,16H,1-10H2;1H. The minimum absolute atomic E-state index is 0. The molecule has 7 heteroatoms. The van der Waals surface area contributed by atoms with Gasteiger partial charge in [0.1, 0.15) is 6.61 Å². The number of carbonyl (C=O) groups excluding carboxylic acids is 2. The number of hydrogen-bond acceptors (Lipinski definition) is 5. The molecule has 1 amide bonds. The van der Waals surface area contributed by atoms with Crippen LogP contribution in [-0.4, -0.2) is 61.8 Å². The normalized spacial score (nSPS) is 28.4. The van der Waals surface area contributed by atoms with Gasteiger partial charge in [0.2, 0.25) is 5.91 Å². The van der Waals surface area contributed by atoms with Gasteiger partial charge in [-0.15, -0.1) is 12.4 Å². The van der Waals surface area contributed by atoms with Gasteiger partial charge in [-0.05, 0) is 31.6 Å². The zero-order valence-electron chi connectivity index (χ0n) is 12.8. The van der Waals surface area contributed by atoms with Gasteiger partial charge in [-0.25, -0.2) is 0 Å². The van der Waals surface area contributed by atoms with Crippen molar-refractivity contribution in [2.24, 2.45) is 5.92 Å². The van der Waals surface area contributed by atoms with Crippen molar-refractivity contribution in [2.45, 2.75) is 44.2 Å². The van der Waals surface area contributed by atoms with Crippen LogP contribution in [0.15, 0.2) is 0 Å². The van der Waals surface area contributed by atoms with Crippen molar-refractivity contribution in [3.8, 4) is 0 Å². The Morgan fingerprint density at radius 2 is 2.18 bits per heavy atom. The molecule has 1 aliphatic carbocycles. The smallest absolute Gasteiger partial charge is 0.308 e. The summed E-state index contributed by atoms with van der Waals surface area (Å²) in [5.41, 5.74) is 0. The van der Waals surface area contributed by atoms with Crippen LogP contribution in [0.5, 0.6) is 0 Å². The van der Waals surface area contributed by atoms with Crippen LogP contribution in [0.2, 0.25) is 0 Å². The fraction of sp³-hybridized carbons (Fsp3) is 0.867. The third-order valence-corrected chi connectivity index (χ3v) is 4.38. The molecule has 1 N–H and O–H groups in total. The molecular formula is C15H25ClN2O4. The molecule has 0 bridgehead atoms. The SMILES string of the molecule is Cl.O=C(CC1NCCN(CC2CC2)C1=O)OCC1CCCO1. The first-order valence-corrected chi connectivity index (χ1v) is 8.02. The number of esters is 1. The van der Waals surface area contributed by atoms with E-state index < -0.39 is 6.04 Å². The van der Waals surface area contributed by atoms with E-state index >= 15 is 0 Å². The number of ether oxygens (including phenoxy) is 2. The van der Waals surface area contributed by atoms with Crippen LogP contribution in [0.25, 0.3) is 0 Å².